The summed E-state index contributed by atoms with van der Waals surface area (Å²) in [5.41, 5.74) is 2.39. The van der Waals surface area contributed by atoms with Crippen LogP contribution in [0.2, 0.25) is 0 Å². The number of piperidine rings is 1. The highest BCUT2D eigenvalue weighted by Crippen LogP contribution is 2.48. The lowest BCUT2D eigenvalue weighted by atomic mass is 9.94. The minimum Gasteiger partial charge on any atom is -0.453 e. The largest absolute Gasteiger partial charge is 0.453 e. The standard InChI is InChI=1S/C48H60F3N7O8/c1-28(2)40(54-46(63)65-5)44(61)56-23-9-13-32(27-56)42(59)52-34-14-7-11-30(25-34)37-21-22-38(58(37)36-19-17-33(18-20-36)48(49,50)51)31-12-8-15-35(26-31)53-43(60)39-16-10-24-57(39)45(62)41(29(3)4)55-47(64)66-6/h7-8,11-12,14-15,17-20,25-26,28-29,32,37-41H,9-10,13,16,21-24,27H2,1-6H3,(H,52,59)(H,53,60)(H,54,63)(H,55,64)/t32-,37+,38-,39-,40-,41-/m0/s1. The van der Waals surface area contributed by atoms with Crippen molar-refractivity contribution in [3.05, 3.63) is 89.5 Å². The number of carbonyl (C=O) groups excluding carboxylic acids is 6. The lowest BCUT2D eigenvalue weighted by Crippen LogP contribution is -2.54. The molecule has 6 rings (SSSR count). The molecule has 0 saturated carbocycles. The Morgan fingerprint density at radius 2 is 1.17 bits per heavy atom. The maximum atomic E-state index is 13.8. The number of alkyl halides is 3. The van der Waals surface area contributed by atoms with Crippen LogP contribution in [0.3, 0.4) is 0 Å². The van der Waals surface area contributed by atoms with E-state index in [0.717, 1.165) is 23.3 Å². The molecule has 0 spiro atoms. The minimum atomic E-state index is -4.53. The number of ether oxygens (including phenoxy) is 2. The minimum absolute atomic E-state index is 0.173. The highest BCUT2D eigenvalue weighted by Gasteiger charge is 2.41. The van der Waals surface area contributed by atoms with Gasteiger partial charge in [-0.1, -0.05) is 52.0 Å². The van der Waals surface area contributed by atoms with Gasteiger partial charge in [0.2, 0.25) is 23.6 Å². The molecule has 3 aromatic carbocycles. The first-order valence-corrected chi connectivity index (χ1v) is 22.5. The van der Waals surface area contributed by atoms with Gasteiger partial charge in [0, 0.05) is 36.7 Å². The lowest BCUT2D eigenvalue weighted by molar-refractivity contribution is -0.139. The van der Waals surface area contributed by atoms with Crippen LogP contribution < -0.4 is 26.2 Å². The third-order valence-electron chi connectivity index (χ3n) is 12.7. The van der Waals surface area contributed by atoms with E-state index in [1.54, 1.807) is 36.9 Å². The van der Waals surface area contributed by atoms with Crippen LogP contribution in [-0.2, 0) is 34.8 Å². The highest BCUT2D eigenvalue weighted by atomic mass is 19.4. The normalized spacial score (nSPS) is 20.7. The fraction of sp³-hybridized carbons (Fsp3) is 0.500. The zero-order chi connectivity index (χ0) is 47.9. The third-order valence-corrected chi connectivity index (χ3v) is 12.7. The molecule has 3 aromatic rings. The summed E-state index contributed by atoms with van der Waals surface area (Å²) in [6.45, 7) is 8.18. The molecule has 356 valence electrons. The van der Waals surface area contributed by atoms with Crippen molar-refractivity contribution in [1.29, 1.82) is 0 Å². The zero-order valence-corrected chi connectivity index (χ0v) is 38.2. The number of halogens is 3. The molecule has 6 amide bonds. The molecule has 0 aromatic heterocycles. The van der Waals surface area contributed by atoms with Crippen LogP contribution in [0.4, 0.5) is 39.8 Å². The highest BCUT2D eigenvalue weighted by molar-refractivity contribution is 5.99. The van der Waals surface area contributed by atoms with Crippen LogP contribution in [0.15, 0.2) is 72.8 Å². The number of nitrogens with zero attached hydrogens (tertiary/aromatic N) is 3. The number of anilines is 3. The summed E-state index contributed by atoms with van der Waals surface area (Å²) >= 11 is 0. The number of benzene rings is 3. The van der Waals surface area contributed by atoms with E-state index >= 15 is 0 Å². The second-order valence-electron chi connectivity index (χ2n) is 17.8. The maximum absolute atomic E-state index is 13.8. The van der Waals surface area contributed by atoms with E-state index < -0.39 is 48.0 Å². The smallest absolute Gasteiger partial charge is 0.416 e. The molecular formula is C48H60F3N7O8. The number of likely N-dealkylation sites (tertiary alicyclic amines) is 2. The van der Waals surface area contributed by atoms with Gasteiger partial charge in [-0.25, -0.2) is 9.59 Å². The van der Waals surface area contributed by atoms with Crippen molar-refractivity contribution >= 4 is 52.9 Å². The molecule has 0 aliphatic carbocycles. The number of amides is 6. The molecule has 0 unspecified atom stereocenters. The molecule has 6 atom stereocenters. The molecule has 3 saturated heterocycles. The summed E-state index contributed by atoms with van der Waals surface area (Å²) in [6.07, 6.45) is -2.62. The molecule has 15 nitrogen and oxygen atoms in total. The molecular weight excluding hydrogens is 860 g/mol. The van der Waals surface area contributed by atoms with E-state index in [1.807, 2.05) is 44.2 Å². The SMILES string of the molecule is COC(=O)N[C@H](C(=O)N1CCC[C@H](C(=O)Nc2cccc([C@H]3CC[C@@H](c4cccc(NC(=O)[C@@H]5CCCN5C(=O)[C@@H](NC(=O)OC)C(C)C)c4)N3c3ccc(C(F)(F)F)cc3)c2)C1)C(C)C. The molecule has 66 heavy (non-hydrogen) atoms. The van der Waals surface area contributed by atoms with Crippen molar-refractivity contribution in [2.24, 2.45) is 17.8 Å². The van der Waals surface area contributed by atoms with Crippen molar-refractivity contribution in [2.45, 2.75) is 103 Å². The quantitative estimate of drug-likeness (QED) is 0.134. The van der Waals surface area contributed by atoms with E-state index in [1.165, 1.54) is 31.3 Å². The molecule has 0 radical (unpaired) electrons. The first-order valence-electron chi connectivity index (χ1n) is 22.5. The Hall–Kier alpha value is -6.33. The van der Waals surface area contributed by atoms with Crippen LogP contribution in [0.25, 0.3) is 0 Å². The van der Waals surface area contributed by atoms with Gasteiger partial charge >= 0.3 is 18.4 Å². The number of carbonyl (C=O) groups is 6. The Bertz CT molecular complexity index is 2240. The summed E-state index contributed by atoms with van der Waals surface area (Å²) in [7, 11) is 2.44. The number of rotatable bonds is 13. The Labute approximate surface area is 383 Å². The predicted octanol–water partition coefficient (Wildman–Crippen LogP) is 7.66. The van der Waals surface area contributed by atoms with Gasteiger partial charge in [-0.3, -0.25) is 19.2 Å². The first kappa shape index (κ1) is 49.1. The topological polar surface area (TPSA) is 179 Å². The van der Waals surface area contributed by atoms with Crippen molar-refractivity contribution < 1.29 is 51.4 Å². The number of methoxy groups -OCH3 is 2. The zero-order valence-electron chi connectivity index (χ0n) is 38.2. The number of alkyl carbamates (subject to hydrolysis) is 2. The van der Waals surface area contributed by atoms with Crippen LogP contribution in [0.1, 0.15) is 95.0 Å². The molecule has 3 fully saturated rings. The van der Waals surface area contributed by atoms with Gasteiger partial charge < -0.3 is 45.4 Å². The summed E-state index contributed by atoms with van der Waals surface area (Å²) in [5, 5.41) is 11.2. The third kappa shape index (κ3) is 11.5. The van der Waals surface area contributed by atoms with Gasteiger partial charge in [0.05, 0.1) is 37.8 Å². The monoisotopic (exact) mass is 919 g/mol. The molecule has 3 aliphatic rings. The molecule has 0 bridgehead atoms. The Morgan fingerprint density at radius 3 is 1.68 bits per heavy atom. The van der Waals surface area contributed by atoms with E-state index in [9.17, 15) is 41.9 Å². The predicted molar refractivity (Wildman–Crippen MR) is 241 cm³/mol. The number of hydrogen-bond acceptors (Lipinski definition) is 9. The van der Waals surface area contributed by atoms with Crippen LogP contribution >= 0.6 is 0 Å². The van der Waals surface area contributed by atoms with Gasteiger partial charge in [0.25, 0.3) is 0 Å². The van der Waals surface area contributed by atoms with Gasteiger partial charge in [-0.05, 0) is 110 Å². The van der Waals surface area contributed by atoms with Crippen LogP contribution in [0, 0.1) is 17.8 Å². The molecule has 3 aliphatic heterocycles. The summed E-state index contributed by atoms with van der Waals surface area (Å²) in [4.78, 5) is 83.9. The summed E-state index contributed by atoms with van der Waals surface area (Å²) in [6, 6.07) is 16.5. The number of hydrogen-bond donors (Lipinski definition) is 4. The van der Waals surface area contributed by atoms with Gasteiger partial charge in [-0.2, -0.15) is 13.2 Å². The van der Waals surface area contributed by atoms with Gasteiger partial charge in [0.15, 0.2) is 0 Å². The maximum Gasteiger partial charge on any atom is 0.416 e. The van der Waals surface area contributed by atoms with Gasteiger partial charge in [0.1, 0.15) is 18.1 Å². The Balaban J connectivity index is 1.21. The van der Waals surface area contributed by atoms with Gasteiger partial charge in [-0.15, -0.1) is 0 Å². The van der Waals surface area contributed by atoms with E-state index in [4.69, 9.17) is 9.47 Å². The Kier molecular flexibility index (Phi) is 15.9. The average Bonchev–Trinajstić information content (AvgIpc) is 3.98. The molecule has 3 heterocycles. The van der Waals surface area contributed by atoms with Crippen molar-refractivity contribution in [1.82, 2.24) is 20.4 Å². The molecule has 4 N–H and O–H groups in total. The molecule has 18 heteroatoms. The van der Waals surface area contributed by atoms with E-state index in [-0.39, 0.29) is 54.1 Å². The lowest BCUT2D eigenvalue weighted by Gasteiger charge is -2.35. The summed E-state index contributed by atoms with van der Waals surface area (Å²) in [5.74, 6) is -2.32. The first-order chi connectivity index (χ1) is 31.4. The average molecular weight is 920 g/mol. The van der Waals surface area contributed by atoms with E-state index in [0.29, 0.717) is 68.7 Å². The number of nitrogens with one attached hydrogen (secondary N) is 4. The van der Waals surface area contributed by atoms with Crippen LogP contribution in [-0.4, -0.2) is 97.6 Å². The fourth-order valence-corrected chi connectivity index (χ4v) is 9.23. The fourth-order valence-electron chi connectivity index (χ4n) is 9.23. The van der Waals surface area contributed by atoms with E-state index in [2.05, 4.69) is 26.2 Å². The van der Waals surface area contributed by atoms with Crippen molar-refractivity contribution in [3.8, 4) is 0 Å². The second-order valence-corrected chi connectivity index (χ2v) is 17.8. The van der Waals surface area contributed by atoms with Crippen LogP contribution in [0.5, 0.6) is 0 Å². The van der Waals surface area contributed by atoms with Crippen molar-refractivity contribution in [2.75, 3.05) is 49.4 Å². The Morgan fingerprint density at radius 1 is 0.652 bits per heavy atom. The summed E-state index contributed by atoms with van der Waals surface area (Å²) < 4.78 is 50.7. The van der Waals surface area contributed by atoms with Crippen molar-refractivity contribution in [3.63, 3.8) is 0 Å². The second kappa shape index (κ2) is 21.3.